The van der Waals surface area contributed by atoms with Crippen LogP contribution in [-0.4, -0.2) is 43.6 Å². The number of hydrogen-bond donors (Lipinski definition) is 1. The highest BCUT2D eigenvalue weighted by Crippen LogP contribution is 2.34. The summed E-state index contributed by atoms with van der Waals surface area (Å²) in [6, 6.07) is 12.9. The Morgan fingerprint density at radius 1 is 1.21 bits per heavy atom. The highest BCUT2D eigenvalue weighted by Gasteiger charge is 2.37. The van der Waals surface area contributed by atoms with Gasteiger partial charge in [-0.3, -0.25) is 9.59 Å². The molecule has 146 valence electrons. The third-order valence-corrected chi connectivity index (χ3v) is 5.68. The second-order valence-electron chi connectivity index (χ2n) is 7.31. The fourth-order valence-electron chi connectivity index (χ4n) is 4.14. The maximum absolute atomic E-state index is 12.8. The van der Waals surface area contributed by atoms with E-state index < -0.39 is 0 Å². The lowest BCUT2D eigenvalue weighted by Gasteiger charge is -2.46. The molecule has 0 aliphatic carbocycles. The van der Waals surface area contributed by atoms with Gasteiger partial charge in [-0.05, 0) is 43.5 Å². The van der Waals surface area contributed by atoms with Gasteiger partial charge in [0.05, 0.1) is 18.4 Å². The normalized spacial score (nSPS) is 18.4. The molecule has 1 N–H and O–H groups in total. The van der Waals surface area contributed by atoms with Gasteiger partial charge in [0.15, 0.2) is 0 Å². The Labute approximate surface area is 165 Å². The number of rotatable bonds is 4. The number of nitrogens with one attached hydrogen (secondary N) is 1. The van der Waals surface area contributed by atoms with Crippen molar-refractivity contribution in [2.24, 2.45) is 0 Å². The minimum absolute atomic E-state index is 0.0683. The predicted molar refractivity (Wildman–Crippen MR) is 108 cm³/mol. The first kappa shape index (κ1) is 18.3. The van der Waals surface area contributed by atoms with E-state index in [4.69, 9.17) is 4.74 Å². The van der Waals surface area contributed by atoms with Gasteiger partial charge in [0.25, 0.3) is 11.8 Å². The Balaban J connectivity index is 1.54. The van der Waals surface area contributed by atoms with E-state index in [9.17, 15) is 9.59 Å². The molecule has 2 aliphatic heterocycles. The second kappa shape index (κ2) is 7.54. The Kier molecular flexibility index (Phi) is 4.94. The number of ether oxygens (including phenoxy) is 1. The minimum Gasteiger partial charge on any atom is -0.496 e. The maximum atomic E-state index is 12.8. The number of hydrogen-bond acceptors (Lipinski definition) is 4. The Hall–Kier alpha value is -3.02. The van der Waals surface area contributed by atoms with E-state index in [0.29, 0.717) is 17.7 Å². The van der Waals surface area contributed by atoms with E-state index in [0.717, 1.165) is 42.8 Å². The molecule has 2 aromatic carbocycles. The van der Waals surface area contributed by atoms with Crippen molar-refractivity contribution in [3.8, 4) is 5.75 Å². The van der Waals surface area contributed by atoms with Gasteiger partial charge in [0.2, 0.25) is 0 Å². The van der Waals surface area contributed by atoms with Gasteiger partial charge in [0.1, 0.15) is 11.9 Å². The maximum Gasteiger partial charge on any atom is 0.257 e. The number of para-hydroxylation sites is 1. The monoisotopic (exact) mass is 379 g/mol. The zero-order valence-corrected chi connectivity index (χ0v) is 16.3. The van der Waals surface area contributed by atoms with E-state index in [1.807, 2.05) is 42.3 Å². The summed E-state index contributed by atoms with van der Waals surface area (Å²) in [7, 11) is 3.62. The Morgan fingerprint density at radius 2 is 2.04 bits per heavy atom. The SMILES string of the molecule is COc1ccccc1CNC(=O)c1ccc2c(c1)N(C)C1CCCCN1C2=O. The van der Waals surface area contributed by atoms with E-state index in [2.05, 4.69) is 10.2 Å². The summed E-state index contributed by atoms with van der Waals surface area (Å²) < 4.78 is 5.33. The first-order valence-corrected chi connectivity index (χ1v) is 9.68. The highest BCUT2D eigenvalue weighted by atomic mass is 16.5. The van der Waals surface area contributed by atoms with Crippen molar-refractivity contribution in [3.05, 3.63) is 59.2 Å². The highest BCUT2D eigenvalue weighted by molar-refractivity contribution is 6.04. The number of carbonyl (C=O) groups is 2. The van der Waals surface area contributed by atoms with E-state index in [-0.39, 0.29) is 18.0 Å². The molecule has 4 rings (SSSR count). The number of anilines is 1. The smallest absolute Gasteiger partial charge is 0.257 e. The standard InChI is InChI=1S/C22H25N3O3/c1-24-18-13-15(21(26)23-14-16-7-3-4-8-19(16)28-2)10-11-17(18)22(27)25-12-6-5-9-20(24)25/h3-4,7-8,10-11,13,20H,5-6,9,12,14H2,1-2H3,(H,23,26). The van der Waals surface area contributed by atoms with Crippen LogP contribution in [0.25, 0.3) is 0 Å². The number of methoxy groups -OCH3 is 1. The fraction of sp³-hybridized carbons (Fsp3) is 0.364. The van der Waals surface area contributed by atoms with E-state index >= 15 is 0 Å². The van der Waals surface area contributed by atoms with Gasteiger partial charge in [-0.25, -0.2) is 0 Å². The van der Waals surface area contributed by atoms with E-state index in [1.54, 1.807) is 19.2 Å². The van der Waals surface area contributed by atoms with Crippen molar-refractivity contribution in [1.82, 2.24) is 10.2 Å². The van der Waals surface area contributed by atoms with Crippen LogP contribution in [-0.2, 0) is 6.54 Å². The molecule has 2 aliphatic rings. The number of benzene rings is 2. The number of nitrogens with zero attached hydrogens (tertiary/aromatic N) is 2. The van der Waals surface area contributed by atoms with Crippen LogP contribution in [0.5, 0.6) is 5.75 Å². The van der Waals surface area contributed by atoms with Crippen molar-refractivity contribution in [2.75, 3.05) is 25.6 Å². The van der Waals surface area contributed by atoms with Gasteiger partial charge >= 0.3 is 0 Å². The van der Waals surface area contributed by atoms with E-state index in [1.165, 1.54) is 0 Å². The van der Waals surface area contributed by atoms with Crippen molar-refractivity contribution in [1.29, 1.82) is 0 Å². The predicted octanol–water partition coefficient (Wildman–Crippen LogP) is 3.03. The summed E-state index contributed by atoms with van der Waals surface area (Å²) in [5.41, 5.74) is 2.97. The van der Waals surface area contributed by atoms with Gasteiger partial charge < -0.3 is 19.9 Å². The molecular formula is C22H25N3O3. The molecule has 1 atom stereocenters. The van der Waals surface area contributed by atoms with Crippen LogP contribution >= 0.6 is 0 Å². The van der Waals surface area contributed by atoms with Crippen molar-refractivity contribution in [3.63, 3.8) is 0 Å². The molecule has 1 unspecified atom stereocenters. The summed E-state index contributed by atoms with van der Waals surface area (Å²) in [5, 5.41) is 2.95. The molecule has 6 nitrogen and oxygen atoms in total. The van der Waals surface area contributed by atoms with Crippen LogP contribution in [0, 0.1) is 0 Å². The fourth-order valence-corrected chi connectivity index (χ4v) is 4.14. The molecule has 0 spiro atoms. The summed E-state index contributed by atoms with van der Waals surface area (Å²) in [5.74, 6) is 0.648. The minimum atomic E-state index is -0.166. The van der Waals surface area contributed by atoms with Crippen LogP contribution in [0.4, 0.5) is 5.69 Å². The number of amides is 2. The van der Waals surface area contributed by atoms with Gasteiger partial charge in [0, 0.05) is 31.3 Å². The lowest BCUT2D eigenvalue weighted by atomic mass is 9.97. The third-order valence-electron chi connectivity index (χ3n) is 5.68. The van der Waals surface area contributed by atoms with Crippen molar-refractivity contribution >= 4 is 17.5 Å². The summed E-state index contributed by atoms with van der Waals surface area (Å²) in [6.45, 7) is 1.18. The van der Waals surface area contributed by atoms with Crippen LogP contribution in [0.3, 0.4) is 0 Å². The van der Waals surface area contributed by atoms with Crippen LogP contribution < -0.4 is 15.0 Å². The molecule has 6 heteroatoms. The lowest BCUT2D eigenvalue weighted by molar-refractivity contribution is 0.0589. The summed E-state index contributed by atoms with van der Waals surface area (Å²) in [4.78, 5) is 29.6. The molecule has 1 fully saturated rings. The molecular weight excluding hydrogens is 354 g/mol. The van der Waals surface area contributed by atoms with Crippen molar-refractivity contribution < 1.29 is 14.3 Å². The largest absolute Gasteiger partial charge is 0.496 e. The van der Waals surface area contributed by atoms with Gasteiger partial charge in [-0.2, -0.15) is 0 Å². The second-order valence-corrected chi connectivity index (χ2v) is 7.31. The Bertz CT molecular complexity index is 912. The molecule has 2 heterocycles. The van der Waals surface area contributed by atoms with Crippen LogP contribution in [0.1, 0.15) is 45.5 Å². The topological polar surface area (TPSA) is 61.9 Å². The molecule has 0 aromatic heterocycles. The first-order valence-electron chi connectivity index (χ1n) is 9.68. The molecule has 0 radical (unpaired) electrons. The number of carbonyl (C=O) groups excluding carboxylic acids is 2. The van der Waals surface area contributed by atoms with Gasteiger partial charge in [-0.1, -0.05) is 18.2 Å². The lowest BCUT2D eigenvalue weighted by Crippen LogP contribution is -2.55. The first-order chi connectivity index (χ1) is 13.6. The average Bonchev–Trinajstić information content (AvgIpc) is 2.75. The van der Waals surface area contributed by atoms with Crippen LogP contribution in [0.15, 0.2) is 42.5 Å². The summed E-state index contributed by atoms with van der Waals surface area (Å²) in [6.07, 6.45) is 3.22. The zero-order valence-electron chi connectivity index (χ0n) is 16.3. The third kappa shape index (κ3) is 3.19. The summed E-state index contributed by atoms with van der Waals surface area (Å²) >= 11 is 0. The Morgan fingerprint density at radius 3 is 2.86 bits per heavy atom. The number of piperidine rings is 1. The van der Waals surface area contributed by atoms with Crippen LogP contribution in [0.2, 0.25) is 0 Å². The molecule has 2 aromatic rings. The average molecular weight is 379 g/mol. The number of fused-ring (bicyclic) bond motifs is 2. The molecule has 1 saturated heterocycles. The molecule has 0 bridgehead atoms. The molecule has 0 saturated carbocycles. The zero-order chi connectivity index (χ0) is 19.7. The van der Waals surface area contributed by atoms with Gasteiger partial charge in [-0.15, -0.1) is 0 Å². The molecule has 2 amide bonds. The molecule has 28 heavy (non-hydrogen) atoms. The van der Waals surface area contributed by atoms with Crippen molar-refractivity contribution in [2.45, 2.75) is 32.0 Å². The quantitative estimate of drug-likeness (QED) is 0.887.